The average molecular weight is 318 g/mol. The molecule has 19 heavy (non-hydrogen) atoms. The van der Waals surface area contributed by atoms with E-state index >= 15 is 0 Å². The molecule has 1 saturated heterocycles. The second-order valence-corrected chi connectivity index (χ2v) is 6.13. The van der Waals surface area contributed by atoms with Gasteiger partial charge in [0.15, 0.2) is 5.11 Å². The highest BCUT2D eigenvalue weighted by molar-refractivity contribution is 7.80. The Morgan fingerprint density at radius 3 is 2.47 bits per heavy atom. The number of anilines is 1. The van der Waals surface area contributed by atoms with Gasteiger partial charge in [0, 0.05) is 0 Å². The summed E-state index contributed by atoms with van der Waals surface area (Å²) in [4.78, 5) is 13.6. The number of hydrogen-bond acceptors (Lipinski definition) is 2. The van der Waals surface area contributed by atoms with Gasteiger partial charge in [-0.3, -0.25) is 4.90 Å². The number of carbonyl (C=O) groups excluding carboxylic acids is 1. The molecule has 2 amide bonds. The van der Waals surface area contributed by atoms with Gasteiger partial charge in [0.05, 0.1) is 27.8 Å². The van der Waals surface area contributed by atoms with Crippen LogP contribution in [0, 0.1) is 0 Å². The van der Waals surface area contributed by atoms with Crippen LogP contribution in [0.3, 0.4) is 0 Å². The van der Waals surface area contributed by atoms with E-state index in [9.17, 15) is 4.79 Å². The molecule has 0 atom stereocenters. The van der Waals surface area contributed by atoms with E-state index in [1.54, 1.807) is 18.2 Å². The number of halogens is 2. The summed E-state index contributed by atoms with van der Waals surface area (Å²) in [6.07, 6.45) is 0. The zero-order valence-corrected chi connectivity index (χ0v) is 12.8. The molecule has 1 aromatic rings. The van der Waals surface area contributed by atoms with E-state index in [-0.39, 0.29) is 11.6 Å². The van der Waals surface area contributed by atoms with Crippen molar-refractivity contribution < 1.29 is 4.79 Å². The Balaban J connectivity index is 2.16. The second-order valence-electron chi connectivity index (χ2n) is 4.93. The standard InChI is InChI=1S/C12H13Cl2N3OS/c1-12(2)6-17(11(19)16-12)10(18)15-9-7(13)4-3-5-8(9)14/h3-5H,6H2,1-2H3,(H,15,18)(H,16,19). The number of hydrogen-bond donors (Lipinski definition) is 2. The Hall–Kier alpha value is -1.04. The largest absolute Gasteiger partial charge is 0.355 e. The maximum Gasteiger partial charge on any atom is 0.328 e. The summed E-state index contributed by atoms with van der Waals surface area (Å²) >= 11 is 17.1. The molecule has 0 radical (unpaired) electrons. The van der Waals surface area contributed by atoms with Crippen molar-refractivity contribution in [1.29, 1.82) is 0 Å². The quantitative estimate of drug-likeness (QED) is 0.779. The molecule has 0 aromatic heterocycles. The smallest absolute Gasteiger partial charge is 0.328 e. The van der Waals surface area contributed by atoms with E-state index < -0.39 is 0 Å². The van der Waals surface area contributed by atoms with Gasteiger partial charge in [0.2, 0.25) is 0 Å². The Kier molecular flexibility index (Phi) is 3.90. The fourth-order valence-corrected chi connectivity index (χ4v) is 2.73. The highest BCUT2D eigenvalue weighted by Gasteiger charge is 2.36. The van der Waals surface area contributed by atoms with Crippen LogP contribution in [0.5, 0.6) is 0 Å². The van der Waals surface area contributed by atoms with E-state index in [0.29, 0.717) is 27.4 Å². The van der Waals surface area contributed by atoms with Crippen LogP contribution in [0.1, 0.15) is 13.8 Å². The summed E-state index contributed by atoms with van der Waals surface area (Å²) in [6, 6.07) is 4.69. The lowest BCUT2D eigenvalue weighted by Crippen LogP contribution is -2.37. The molecule has 1 aliphatic rings. The molecule has 1 aromatic carbocycles. The summed E-state index contributed by atoms with van der Waals surface area (Å²) in [5.41, 5.74) is 0.155. The molecule has 1 fully saturated rings. The van der Waals surface area contributed by atoms with Crippen LogP contribution in [-0.2, 0) is 0 Å². The van der Waals surface area contributed by atoms with Crippen molar-refractivity contribution in [3.8, 4) is 0 Å². The predicted molar refractivity (Wildman–Crippen MR) is 82.0 cm³/mol. The molecule has 4 nitrogen and oxygen atoms in total. The van der Waals surface area contributed by atoms with E-state index in [1.165, 1.54) is 4.90 Å². The number of benzene rings is 1. The first-order valence-corrected chi connectivity index (χ1v) is 6.81. The van der Waals surface area contributed by atoms with Crippen molar-refractivity contribution in [1.82, 2.24) is 10.2 Å². The highest BCUT2D eigenvalue weighted by atomic mass is 35.5. The second kappa shape index (κ2) is 5.15. The molecule has 0 unspecified atom stereocenters. The molecule has 2 rings (SSSR count). The Labute approximate surface area is 127 Å². The van der Waals surface area contributed by atoms with Gasteiger partial charge in [0.1, 0.15) is 0 Å². The van der Waals surface area contributed by atoms with Gasteiger partial charge in [-0.2, -0.15) is 0 Å². The predicted octanol–water partition coefficient (Wildman–Crippen LogP) is 3.49. The molecule has 7 heteroatoms. The van der Waals surface area contributed by atoms with E-state index in [4.69, 9.17) is 35.4 Å². The third kappa shape index (κ3) is 3.11. The van der Waals surface area contributed by atoms with Crippen LogP contribution < -0.4 is 10.6 Å². The molecule has 0 saturated carbocycles. The van der Waals surface area contributed by atoms with Gasteiger partial charge in [-0.05, 0) is 38.2 Å². The van der Waals surface area contributed by atoms with Gasteiger partial charge in [-0.1, -0.05) is 29.3 Å². The zero-order chi connectivity index (χ0) is 14.2. The first-order valence-electron chi connectivity index (χ1n) is 5.65. The summed E-state index contributed by atoms with van der Waals surface area (Å²) in [6.45, 7) is 4.42. The number of urea groups is 1. The lowest BCUT2D eigenvalue weighted by molar-refractivity contribution is 0.233. The number of carbonyl (C=O) groups is 1. The van der Waals surface area contributed by atoms with Crippen molar-refractivity contribution in [3.63, 3.8) is 0 Å². The molecule has 0 bridgehead atoms. The van der Waals surface area contributed by atoms with Crippen molar-refractivity contribution >= 4 is 52.3 Å². The average Bonchev–Trinajstić information content (AvgIpc) is 2.57. The molecule has 1 aliphatic heterocycles. The Morgan fingerprint density at radius 2 is 2.00 bits per heavy atom. The van der Waals surface area contributed by atoms with Crippen molar-refractivity contribution in [3.05, 3.63) is 28.2 Å². The number of rotatable bonds is 1. The molecule has 0 spiro atoms. The Bertz CT molecular complexity index is 528. The SMILES string of the molecule is CC1(C)CN(C(=O)Nc2c(Cl)cccc2Cl)C(=S)N1. The summed E-state index contributed by atoms with van der Waals surface area (Å²) in [5, 5.41) is 6.92. The Morgan fingerprint density at radius 1 is 1.42 bits per heavy atom. The molecule has 1 heterocycles. The van der Waals surface area contributed by atoms with Crippen LogP contribution in [-0.4, -0.2) is 28.1 Å². The maximum absolute atomic E-state index is 12.2. The first kappa shape index (κ1) is 14.4. The van der Waals surface area contributed by atoms with Gasteiger partial charge in [-0.15, -0.1) is 0 Å². The highest BCUT2D eigenvalue weighted by Crippen LogP contribution is 2.30. The van der Waals surface area contributed by atoms with E-state index in [0.717, 1.165) is 0 Å². The van der Waals surface area contributed by atoms with Gasteiger partial charge >= 0.3 is 6.03 Å². The monoisotopic (exact) mass is 317 g/mol. The summed E-state index contributed by atoms with van der Waals surface area (Å²) in [5.74, 6) is 0. The number of thiocarbonyl (C=S) groups is 1. The van der Waals surface area contributed by atoms with Crippen LogP contribution in [0.15, 0.2) is 18.2 Å². The van der Waals surface area contributed by atoms with Gasteiger partial charge in [0.25, 0.3) is 0 Å². The first-order chi connectivity index (χ1) is 8.80. The fourth-order valence-electron chi connectivity index (χ4n) is 1.82. The minimum atomic E-state index is -0.349. The van der Waals surface area contributed by atoms with Crippen LogP contribution in [0.4, 0.5) is 10.5 Å². The molecular formula is C12H13Cl2N3OS. The number of para-hydroxylation sites is 1. The van der Waals surface area contributed by atoms with Crippen molar-refractivity contribution in [2.75, 3.05) is 11.9 Å². The third-order valence-corrected chi connectivity index (χ3v) is 3.64. The molecule has 2 N–H and O–H groups in total. The van der Waals surface area contributed by atoms with Crippen LogP contribution in [0.2, 0.25) is 10.0 Å². The summed E-state index contributed by atoms with van der Waals surface area (Å²) in [7, 11) is 0. The number of nitrogens with zero attached hydrogens (tertiary/aromatic N) is 1. The fraction of sp³-hybridized carbons (Fsp3) is 0.333. The minimum Gasteiger partial charge on any atom is -0.355 e. The molecular weight excluding hydrogens is 305 g/mol. The topological polar surface area (TPSA) is 44.4 Å². The summed E-state index contributed by atoms with van der Waals surface area (Å²) < 4.78 is 0. The van der Waals surface area contributed by atoms with Crippen LogP contribution >= 0.6 is 35.4 Å². The van der Waals surface area contributed by atoms with E-state index in [1.807, 2.05) is 13.8 Å². The van der Waals surface area contributed by atoms with Crippen LogP contribution in [0.25, 0.3) is 0 Å². The lowest BCUT2D eigenvalue weighted by atomic mass is 10.1. The van der Waals surface area contributed by atoms with Gasteiger partial charge < -0.3 is 10.6 Å². The molecule has 0 aliphatic carbocycles. The van der Waals surface area contributed by atoms with E-state index in [2.05, 4.69) is 10.6 Å². The van der Waals surface area contributed by atoms with Gasteiger partial charge in [-0.25, -0.2) is 4.79 Å². The van der Waals surface area contributed by atoms with Crippen molar-refractivity contribution in [2.45, 2.75) is 19.4 Å². The third-order valence-electron chi connectivity index (χ3n) is 2.68. The number of amides is 2. The number of nitrogens with one attached hydrogen (secondary N) is 2. The maximum atomic E-state index is 12.2. The zero-order valence-electron chi connectivity index (χ0n) is 10.5. The minimum absolute atomic E-state index is 0.237. The molecule has 102 valence electrons. The van der Waals surface area contributed by atoms with Crippen molar-refractivity contribution in [2.24, 2.45) is 0 Å². The normalized spacial score (nSPS) is 17.3. The lowest BCUT2D eigenvalue weighted by Gasteiger charge is -2.18.